The Hall–Kier alpha value is -3.39. The van der Waals surface area contributed by atoms with Gasteiger partial charge in [-0.1, -0.05) is 18.3 Å². The second-order valence-corrected chi connectivity index (χ2v) is 9.14. The van der Waals surface area contributed by atoms with E-state index in [-0.39, 0.29) is 6.10 Å². The maximum absolute atomic E-state index is 5.97. The maximum Gasteiger partial charge on any atom is 0.183 e. The lowest BCUT2D eigenvalue weighted by atomic mass is 10.0. The normalized spacial score (nSPS) is 11.1. The van der Waals surface area contributed by atoms with Crippen molar-refractivity contribution < 1.29 is 4.74 Å². The molecule has 8 heteroatoms. The zero-order valence-electron chi connectivity index (χ0n) is 19.6. The average Bonchev–Trinajstić information content (AvgIpc) is 3.29. The van der Waals surface area contributed by atoms with Crippen LogP contribution in [0.4, 0.5) is 5.13 Å². The third-order valence-electron chi connectivity index (χ3n) is 4.96. The molecule has 170 valence electrons. The van der Waals surface area contributed by atoms with Crippen LogP contribution >= 0.6 is 11.3 Å². The SMILES string of the molecule is CCCNc1ncc(-c2cc(-c3cc(C)c(OC(C)C)cc3C)nc(-c3cnccn3)n2)s1. The number of rotatable bonds is 8. The van der Waals surface area contributed by atoms with Gasteiger partial charge in [0, 0.05) is 30.7 Å². The van der Waals surface area contributed by atoms with E-state index in [4.69, 9.17) is 14.7 Å². The van der Waals surface area contributed by atoms with Crippen molar-refractivity contribution in [1.29, 1.82) is 0 Å². The van der Waals surface area contributed by atoms with Crippen LogP contribution in [0.3, 0.4) is 0 Å². The van der Waals surface area contributed by atoms with Gasteiger partial charge in [-0.15, -0.1) is 0 Å². The van der Waals surface area contributed by atoms with E-state index in [1.807, 2.05) is 26.1 Å². The van der Waals surface area contributed by atoms with Crippen molar-refractivity contribution in [1.82, 2.24) is 24.9 Å². The molecule has 0 fully saturated rings. The summed E-state index contributed by atoms with van der Waals surface area (Å²) in [5, 5.41) is 4.23. The number of ether oxygens (including phenoxy) is 1. The van der Waals surface area contributed by atoms with Gasteiger partial charge in [-0.3, -0.25) is 4.98 Å². The Morgan fingerprint density at radius 1 is 0.939 bits per heavy atom. The van der Waals surface area contributed by atoms with Gasteiger partial charge in [0.25, 0.3) is 0 Å². The summed E-state index contributed by atoms with van der Waals surface area (Å²) in [6.45, 7) is 11.2. The molecule has 3 aromatic heterocycles. The monoisotopic (exact) mass is 460 g/mol. The van der Waals surface area contributed by atoms with E-state index < -0.39 is 0 Å². The molecule has 0 unspecified atom stereocenters. The van der Waals surface area contributed by atoms with Gasteiger partial charge in [-0.2, -0.15) is 0 Å². The Morgan fingerprint density at radius 3 is 2.48 bits per heavy atom. The molecular weight excluding hydrogens is 432 g/mol. The first kappa shape index (κ1) is 22.8. The van der Waals surface area contributed by atoms with Crippen molar-refractivity contribution in [3.63, 3.8) is 0 Å². The van der Waals surface area contributed by atoms with E-state index in [9.17, 15) is 0 Å². The number of anilines is 1. The van der Waals surface area contributed by atoms with Gasteiger partial charge < -0.3 is 10.1 Å². The highest BCUT2D eigenvalue weighted by Gasteiger charge is 2.16. The number of aromatic nitrogens is 5. The highest BCUT2D eigenvalue weighted by Crippen LogP contribution is 2.34. The van der Waals surface area contributed by atoms with Gasteiger partial charge in [0.15, 0.2) is 11.0 Å². The molecule has 0 radical (unpaired) electrons. The van der Waals surface area contributed by atoms with Crippen LogP contribution in [0.2, 0.25) is 0 Å². The second-order valence-electron chi connectivity index (χ2n) is 8.11. The molecule has 1 N–H and O–H groups in total. The van der Waals surface area contributed by atoms with Crippen LogP contribution < -0.4 is 10.1 Å². The summed E-state index contributed by atoms with van der Waals surface area (Å²) in [5.74, 6) is 1.43. The molecule has 4 aromatic rings. The number of nitrogens with zero attached hydrogens (tertiary/aromatic N) is 5. The summed E-state index contributed by atoms with van der Waals surface area (Å²) < 4.78 is 5.97. The fourth-order valence-corrected chi connectivity index (χ4v) is 4.20. The van der Waals surface area contributed by atoms with Crippen molar-refractivity contribution in [3.8, 4) is 39.1 Å². The third kappa shape index (κ3) is 5.34. The quantitative estimate of drug-likeness (QED) is 0.348. The first-order valence-electron chi connectivity index (χ1n) is 11.1. The topological polar surface area (TPSA) is 85.7 Å². The molecule has 33 heavy (non-hydrogen) atoms. The molecule has 0 spiro atoms. The Bertz CT molecular complexity index is 1240. The van der Waals surface area contributed by atoms with Crippen LogP contribution in [0.1, 0.15) is 38.3 Å². The fraction of sp³-hybridized carbons (Fsp3) is 0.320. The fourth-order valence-electron chi connectivity index (χ4n) is 3.39. The number of thiazole rings is 1. The third-order valence-corrected chi connectivity index (χ3v) is 5.94. The Kier molecular flexibility index (Phi) is 6.93. The summed E-state index contributed by atoms with van der Waals surface area (Å²) >= 11 is 1.58. The Balaban J connectivity index is 1.82. The van der Waals surface area contributed by atoms with E-state index >= 15 is 0 Å². The van der Waals surface area contributed by atoms with Crippen LogP contribution in [0.15, 0.2) is 43.0 Å². The summed E-state index contributed by atoms with van der Waals surface area (Å²) in [4.78, 5) is 23.8. The first-order valence-corrected chi connectivity index (χ1v) is 11.9. The van der Waals surface area contributed by atoms with Crippen molar-refractivity contribution in [3.05, 3.63) is 54.1 Å². The number of hydrogen-bond donors (Lipinski definition) is 1. The van der Waals surface area contributed by atoms with Crippen molar-refractivity contribution in [2.24, 2.45) is 0 Å². The lowest BCUT2D eigenvalue weighted by molar-refractivity contribution is 0.240. The minimum Gasteiger partial charge on any atom is -0.491 e. The molecule has 0 amide bonds. The largest absolute Gasteiger partial charge is 0.491 e. The zero-order chi connectivity index (χ0) is 23.4. The standard InChI is InChI=1S/C25H28N6OS/c1-6-7-28-25-29-14-23(33-25)20-12-19(30-24(31-20)21-13-26-8-9-27-21)18-10-17(5)22(11-16(18)4)32-15(2)3/h8-15H,6-7H2,1-5H3,(H,28,29). The Morgan fingerprint density at radius 2 is 1.76 bits per heavy atom. The van der Waals surface area contributed by atoms with Crippen LogP contribution in [-0.2, 0) is 0 Å². The molecule has 0 bridgehead atoms. The molecule has 0 saturated carbocycles. The molecule has 0 aliphatic rings. The molecule has 1 aromatic carbocycles. The summed E-state index contributed by atoms with van der Waals surface area (Å²) in [7, 11) is 0. The predicted molar refractivity (Wildman–Crippen MR) is 134 cm³/mol. The summed E-state index contributed by atoms with van der Waals surface area (Å²) in [6, 6.07) is 6.22. The number of hydrogen-bond acceptors (Lipinski definition) is 8. The molecule has 0 aliphatic carbocycles. The van der Waals surface area contributed by atoms with Gasteiger partial charge in [-0.25, -0.2) is 19.9 Å². The highest BCUT2D eigenvalue weighted by molar-refractivity contribution is 7.18. The molecule has 7 nitrogen and oxygen atoms in total. The minimum absolute atomic E-state index is 0.115. The van der Waals surface area contributed by atoms with Crippen molar-refractivity contribution >= 4 is 16.5 Å². The van der Waals surface area contributed by atoms with Crippen LogP contribution in [0.25, 0.3) is 33.3 Å². The average molecular weight is 461 g/mol. The van der Waals surface area contributed by atoms with Crippen LogP contribution in [0, 0.1) is 13.8 Å². The number of aryl methyl sites for hydroxylation is 2. The summed E-state index contributed by atoms with van der Waals surface area (Å²) in [6.07, 6.45) is 7.99. The van der Waals surface area contributed by atoms with Gasteiger partial charge in [0.2, 0.25) is 0 Å². The molecule has 0 saturated heterocycles. The lowest BCUT2D eigenvalue weighted by Gasteiger charge is -2.16. The zero-order valence-corrected chi connectivity index (χ0v) is 20.4. The second kappa shape index (κ2) is 10.0. The summed E-state index contributed by atoms with van der Waals surface area (Å²) in [5.41, 5.74) is 5.45. The van der Waals surface area contributed by atoms with E-state index in [0.29, 0.717) is 11.5 Å². The van der Waals surface area contributed by atoms with Gasteiger partial charge in [-0.05, 0) is 63.4 Å². The van der Waals surface area contributed by atoms with Gasteiger partial charge >= 0.3 is 0 Å². The molecule has 0 atom stereocenters. The van der Waals surface area contributed by atoms with Gasteiger partial charge in [0.05, 0.1) is 28.6 Å². The molecule has 4 rings (SSSR count). The van der Waals surface area contributed by atoms with Crippen LogP contribution in [-0.4, -0.2) is 37.6 Å². The number of benzene rings is 1. The molecule has 0 aliphatic heterocycles. The smallest absolute Gasteiger partial charge is 0.183 e. The maximum atomic E-state index is 5.97. The van der Waals surface area contributed by atoms with E-state index in [2.05, 4.69) is 53.2 Å². The number of nitrogens with one attached hydrogen (secondary N) is 1. The molecular formula is C25H28N6OS. The highest BCUT2D eigenvalue weighted by atomic mass is 32.1. The van der Waals surface area contributed by atoms with Crippen LogP contribution in [0.5, 0.6) is 5.75 Å². The lowest BCUT2D eigenvalue weighted by Crippen LogP contribution is -2.07. The first-order chi connectivity index (χ1) is 15.9. The minimum atomic E-state index is 0.115. The van der Waals surface area contributed by atoms with Crippen molar-refractivity contribution in [2.75, 3.05) is 11.9 Å². The van der Waals surface area contributed by atoms with E-state index in [1.165, 1.54) is 0 Å². The van der Waals surface area contributed by atoms with E-state index in [1.54, 1.807) is 29.9 Å². The van der Waals surface area contributed by atoms with Crippen molar-refractivity contribution in [2.45, 2.75) is 47.1 Å². The predicted octanol–water partition coefficient (Wildman–Crippen LogP) is 5.95. The van der Waals surface area contributed by atoms with Gasteiger partial charge in [0.1, 0.15) is 11.4 Å². The Labute approximate surface area is 198 Å². The molecule has 3 heterocycles. The van der Waals surface area contributed by atoms with E-state index in [0.717, 1.165) is 56.8 Å².